The Morgan fingerprint density at radius 1 is 1.59 bits per heavy atom. The van der Waals surface area contributed by atoms with E-state index >= 15 is 0 Å². The highest BCUT2D eigenvalue weighted by Gasteiger charge is 2.19. The van der Waals surface area contributed by atoms with Crippen LogP contribution in [0.1, 0.15) is 15.9 Å². The lowest BCUT2D eigenvalue weighted by atomic mass is 10.0. The lowest BCUT2D eigenvalue weighted by molar-refractivity contribution is -0.385. The first kappa shape index (κ1) is 12.9. The van der Waals surface area contributed by atoms with Gasteiger partial charge in [0.15, 0.2) is 0 Å². The third kappa shape index (κ3) is 2.88. The maximum atomic E-state index is 11.5. The van der Waals surface area contributed by atoms with Crippen molar-refractivity contribution in [3.8, 4) is 0 Å². The average Bonchev–Trinajstić information content (AvgIpc) is 2.34. The van der Waals surface area contributed by atoms with Crippen molar-refractivity contribution in [3.63, 3.8) is 0 Å². The van der Waals surface area contributed by atoms with Crippen molar-refractivity contribution < 1.29 is 14.5 Å². The molecule has 0 bridgehead atoms. The minimum atomic E-state index is -0.620. The van der Waals surface area contributed by atoms with Crippen LogP contribution >= 0.6 is 0 Å². The van der Waals surface area contributed by atoms with Crippen LogP contribution in [0.5, 0.6) is 0 Å². The summed E-state index contributed by atoms with van der Waals surface area (Å²) >= 11 is 0. The molecule has 0 aliphatic carbocycles. The minimum absolute atomic E-state index is 0.145. The van der Waals surface area contributed by atoms with Gasteiger partial charge in [-0.25, -0.2) is 4.79 Å². The zero-order valence-electron chi connectivity index (χ0n) is 9.25. The van der Waals surface area contributed by atoms with Gasteiger partial charge in [0.05, 0.1) is 23.2 Å². The van der Waals surface area contributed by atoms with Crippen LogP contribution in [0.2, 0.25) is 0 Å². The molecule has 0 saturated carbocycles. The molecule has 6 nitrogen and oxygen atoms in total. The van der Waals surface area contributed by atoms with Crippen LogP contribution in [0.25, 0.3) is 6.08 Å². The van der Waals surface area contributed by atoms with Gasteiger partial charge in [-0.05, 0) is 12.1 Å². The van der Waals surface area contributed by atoms with Crippen LogP contribution in [0.3, 0.4) is 0 Å². The molecule has 0 aliphatic rings. The van der Waals surface area contributed by atoms with Gasteiger partial charge in [0.2, 0.25) is 0 Å². The second-order valence-corrected chi connectivity index (χ2v) is 3.13. The molecule has 17 heavy (non-hydrogen) atoms. The number of rotatable bonds is 4. The van der Waals surface area contributed by atoms with Crippen molar-refractivity contribution in [1.29, 1.82) is 0 Å². The Morgan fingerprint density at radius 3 is 2.82 bits per heavy atom. The molecule has 0 amide bonds. The molecule has 1 aromatic rings. The van der Waals surface area contributed by atoms with Gasteiger partial charge in [-0.2, -0.15) is 0 Å². The van der Waals surface area contributed by atoms with E-state index in [1.165, 1.54) is 37.5 Å². The molecule has 0 saturated heterocycles. The summed E-state index contributed by atoms with van der Waals surface area (Å²) in [6.07, 6.45) is 2.99. The fourth-order valence-corrected chi connectivity index (χ4v) is 1.36. The van der Waals surface area contributed by atoms with Gasteiger partial charge >= 0.3 is 5.97 Å². The number of carbonyl (C=O) groups is 1. The molecule has 0 radical (unpaired) electrons. The van der Waals surface area contributed by atoms with Gasteiger partial charge in [0.25, 0.3) is 5.69 Å². The topological polar surface area (TPSA) is 95.5 Å². The van der Waals surface area contributed by atoms with Gasteiger partial charge in [-0.3, -0.25) is 10.1 Å². The Labute approximate surface area is 97.8 Å². The average molecular weight is 236 g/mol. The molecule has 90 valence electrons. The maximum Gasteiger partial charge on any atom is 0.338 e. The molecule has 6 heteroatoms. The maximum absolute atomic E-state index is 11.5. The number of nitro groups is 1. The third-order valence-corrected chi connectivity index (χ3v) is 2.11. The first-order valence-electron chi connectivity index (χ1n) is 4.84. The minimum Gasteiger partial charge on any atom is -0.465 e. The van der Waals surface area contributed by atoms with Gasteiger partial charge in [0.1, 0.15) is 0 Å². The van der Waals surface area contributed by atoms with Crippen LogP contribution in [0, 0.1) is 10.1 Å². The number of carbonyl (C=O) groups excluding carboxylic acids is 1. The molecule has 0 fully saturated rings. The van der Waals surface area contributed by atoms with Gasteiger partial charge < -0.3 is 10.5 Å². The van der Waals surface area contributed by atoms with Crippen LogP contribution in [-0.4, -0.2) is 24.5 Å². The molecule has 0 spiro atoms. The van der Waals surface area contributed by atoms with E-state index in [1.54, 1.807) is 0 Å². The molecular weight excluding hydrogens is 224 g/mol. The molecule has 1 rings (SSSR count). The molecular formula is C11H12N2O4. The van der Waals surface area contributed by atoms with E-state index in [-0.39, 0.29) is 23.4 Å². The summed E-state index contributed by atoms with van der Waals surface area (Å²) in [6.45, 7) is 0.229. The van der Waals surface area contributed by atoms with Crippen molar-refractivity contribution >= 4 is 17.7 Å². The second-order valence-electron chi connectivity index (χ2n) is 3.13. The molecule has 0 aromatic heterocycles. The van der Waals surface area contributed by atoms with E-state index in [0.29, 0.717) is 0 Å². The summed E-state index contributed by atoms with van der Waals surface area (Å²) in [5.74, 6) is -0.620. The number of nitrogens with two attached hydrogens (primary N) is 1. The number of ether oxygens (including phenoxy) is 1. The smallest absolute Gasteiger partial charge is 0.338 e. The molecule has 0 atom stereocenters. The molecule has 0 heterocycles. The highest BCUT2D eigenvalue weighted by Crippen LogP contribution is 2.24. The zero-order valence-corrected chi connectivity index (χ0v) is 9.25. The molecule has 1 aromatic carbocycles. The van der Waals surface area contributed by atoms with E-state index in [9.17, 15) is 14.9 Å². The summed E-state index contributed by atoms with van der Waals surface area (Å²) in [6, 6.07) is 4.22. The third-order valence-electron chi connectivity index (χ3n) is 2.11. The Balaban J connectivity index is 3.39. The first-order chi connectivity index (χ1) is 8.11. The van der Waals surface area contributed by atoms with E-state index in [0.717, 1.165) is 0 Å². The van der Waals surface area contributed by atoms with Gasteiger partial charge in [-0.15, -0.1) is 0 Å². The van der Waals surface area contributed by atoms with Crippen LogP contribution < -0.4 is 5.73 Å². The number of hydrogen-bond acceptors (Lipinski definition) is 5. The highest BCUT2D eigenvalue weighted by molar-refractivity contribution is 5.95. The molecule has 0 unspecified atom stereocenters. The van der Waals surface area contributed by atoms with E-state index in [2.05, 4.69) is 4.74 Å². The lowest BCUT2D eigenvalue weighted by Crippen LogP contribution is -2.06. The highest BCUT2D eigenvalue weighted by atomic mass is 16.6. The van der Waals surface area contributed by atoms with Gasteiger partial charge in [0, 0.05) is 12.6 Å². The van der Waals surface area contributed by atoms with Crippen molar-refractivity contribution in [2.24, 2.45) is 5.73 Å². The molecule has 0 aliphatic heterocycles. The van der Waals surface area contributed by atoms with Crippen LogP contribution in [0.15, 0.2) is 24.3 Å². The Morgan fingerprint density at radius 2 is 2.29 bits per heavy atom. The van der Waals surface area contributed by atoms with E-state index in [4.69, 9.17) is 5.73 Å². The summed E-state index contributed by atoms with van der Waals surface area (Å²) in [7, 11) is 1.22. The standard InChI is InChI=1S/C11H12N2O4/c1-17-11(14)9-4-2-6-10(13(15)16)8(9)5-3-7-12/h2-6H,7,12H2,1H3/b5-3+. The SMILES string of the molecule is COC(=O)c1cccc([N+](=O)[O-])c1/C=C/CN. The predicted octanol–water partition coefficient (Wildman–Crippen LogP) is 1.35. The van der Waals surface area contributed by atoms with Crippen molar-refractivity contribution in [2.45, 2.75) is 0 Å². The number of methoxy groups -OCH3 is 1. The predicted molar refractivity (Wildman–Crippen MR) is 62.5 cm³/mol. The Bertz CT molecular complexity index is 469. The summed E-state index contributed by atoms with van der Waals surface area (Å²) in [5, 5.41) is 10.8. The second kappa shape index (κ2) is 5.76. The van der Waals surface area contributed by atoms with Crippen molar-refractivity contribution in [1.82, 2.24) is 0 Å². The zero-order chi connectivity index (χ0) is 12.8. The van der Waals surface area contributed by atoms with Gasteiger partial charge in [-0.1, -0.05) is 12.1 Å². The summed E-state index contributed by atoms with van der Waals surface area (Å²) in [4.78, 5) is 21.7. The largest absolute Gasteiger partial charge is 0.465 e. The first-order valence-corrected chi connectivity index (χ1v) is 4.84. The number of hydrogen-bond donors (Lipinski definition) is 1. The Hall–Kier alpha value is -2.21. The number of benzene rings is 1. The van der Waals surface area contributed by atoms with E-state index in [1.807, 2.05) is 0 Å². The Kier molecular flexibility index (Phi) is 4.36. The number of nitrogens with zero attached hydrogens (tertiary/aromatic N) is 1. The summed E-state index contributed by atoms with van der Waals surface area (Å²) < 4.78 is 4.56. The fourth-order valence-electron chi connectivity index (χ4n) is 1.36. The monoisotopic (exact) mass is 236 g/mol. The normalized spacial score (nSPS) is 10.5. The molecule has 2 N–H and O–H groups in total. The fraction of sp³-hybridized carbons (Fsp3) is 0.182. The number of esters is 1. The lowest BCUT2D eigenvalue weighted by Gasteiger charge is -2.04. The number of nitro benzene ring substituents is 1. The van der Waals surface area contributed by atoms with Crippen molar-refractivity contribution in [3.05, 3.63) is 45.5 Å². The summed E-state index contributed by atoms with van der Waals surface area (Å²) in [5.41, 5.74) is 5.48. The van der Waals surface area contributed by atoms with Crippen molar-refractivity contribution in [2.75, 3.05) is 13.7 Å². The van der Waals surface area contributed by atoms with E-state index < -0.39 is 10.9 Å². The van der Waals surface area contributed by atoms with Crippen LogP contribution in [0.4, 0.5) is 5.69 Å². The quantitative estimate of drug-likeness (QED) is 0.483. The van der Waals surface area contributed by atoms with Crippen LogP contribution in [-0.2, 0) is 4.74 Å².